The minimum Gasteiger partial charge on any atom is -0.393 e. The molecule has 0 aromatic carbocycles. The van der Waals surface area contributed by atoms with Crippen LogP contribution in [0.3, 0.4) is 0 Å². The van der Waals surface area contributed by atoms with E-state index in [1.807, 2.05) is 6.92 Å². The van der Waals surface area contributed by atoms with Gasteiger partial charge in [0.05, 0.1) is 11.5 Å². The number of hydrogen-bond acceptors (Lipinski definition) is 2. The Kier molecular flexibility index (Phi) is 11.8. The van der Waals surface area contributed by atoms with Gasteiger partial charge in [-0.1, -0.05) is 83.1 Å². The Morgan fingerprint density at radius 3 is 2.23 bits per heavy atom. The number of rotatable bonds is 15. The standard InChI is InChI=1S/C24H42O2/c1-4-6-7-8-9-10-12-16-23(26)24(19-13-11-14-20-24)22(15-5-2)18-17-21(3)25/h11,13-14,19,21-22,25H,4-10,12,15-18,20H2,1-3H3. The lowest BCUT2D eigenvalue weighted by Crippen LogP contribution is -2.38. The van der Waals surface area contributed by atoms with E-state index in [0.29, 0.717) is 18.1 Å². The van der Waals surface area contributed by atoms with Crippen LogP contribution in [0.25, 0.3) is 0 Å². The second-order valence-corrected chi connectivity index (χ2v) is 8.24. The van der Waals surface area contributed by atoms with E-state index >= 15 is 0 Å². The largest absolute Gasteiger partial charge is 0.393 e. The van der Waals surface area contributed by atoms with E-state index in [-0.39, 0.29) is 11.5 Å². The molecule has 0 radical (unpaired) electrons. The molecular weight excluding hydrogens is 320 g/mol. The highest BCUT2D eigenvalue weighted by Gasteiger charge is 2.41. The highest BCUT2D eigenvalue weighted by Crippen LogP contribution is 2.43. The predicted octanol–water partition coefficient (Wildman–Crippen LogP) is 6.78. The van der Waals surface area contributed by atoms with Gasteiger partial charge in [-0.15, -0.1) is 0 Å². The first-order valence-corrected chi connectivity index (χ1v) is 11.1. The number of hydrogen-bond donors (Lipinski definition) is 1. The third-order valence-electron chi connectivity index (χ3n) is 5.92. The number of aliphatic hydroxyl groups excluding tert-OH is 1. The Bertz CT molecular complexity index is 435. The SMILES string of the molecule is CCCCCCCCCC(=O)C1(C(CCC)CCC(C)O)C=CC=CC1. The van der Waals surface area contributed by atoms with E-state index in [2.05, 4.69) is 38.2 Å². The van der Waals surface area contributed by atoms with Crippen molar-refractivity contribution in [3.63, 3.8) is 0 Å². The summed E-state index contributed by atoms with van der Waals surface area (Å²) >= 11 is 0. The molecule has 0 aromatic heterocycles. The van der Waals surface area contributed by atoms with Crippen LogP contribution in [0, 0.1) is 11.3 Å². The van der Waals surface area contributed by atoms with Crippen molar-refractivity contribution in [1.82, 2.24) is 0 Å². The molecule has 2 nitrogen and oxygen atoms in total. The maximum Gasteiger partial charge on any atom is 0.143 e. The molecule has 26 heavy (non-hydrogen) atoms. The first-order valence-electron chi connectivity index (χ1n) is 11.1. The van der Waals surface area contributed by atoms with Crippen molar-refractivity contribution < 1.29 is 9.90 Å². The second kappa shape index (κ2) is 13.3. The normalized spacial score (nSPS) is 21.7. The number of Topliss-reactive ketones (excluding diaryl/α,β-unsaturated/α-hetero) is 1. The van der Waals surface area contributed by atoms with Crippen LogP contribution in [-0.2, 0) is 4.79 Å². The Balaban J connectivity index is 2.63. The van der Waals surface area contributed by atoms with Gasteiger partial charge in [-0.25, -0.2) is 0 Å². The smallest absolute Gasteiger partial charge is 0.143 e. The molecule has 0 aliphatic heterocycles. The first kappa shape index (κ1) is 23.1. The van der Waals surface area contributed by atoms with Gasteiger partial charge in [0.1, 0.15) is 5.78 Å². The summed E-state index contributed by atoms with van der Waals surface area (Å²) in [6, 6.07) is 0. The van der Waals surface area contributed by atoms with Crippen LogP contribution in [0.15, 0.2) is 24.3 Å². The molecule has 2 heteroatoms. The summed E-state index contributed by atoms with van der Waals surface area (Å²) in [7, 11) is 0. The van der Waals surface area contributed by atoms with Crippen LogP contribution in [0.5, 0.6) is 0 Å². The van der Waals surface area contributed by atoms with Gasteiger partial charge in [-0.2, -0.15) is 0 Å². The van der Waals surface area contributed by atoms with Crippen molar-refractivity contribution >= 4 is 5.78 Å². The van der Waals surface area contributed by atoms with Crippen molar-refractivity contribution in [1.29, 1.82) is 0 Å². The monoisotopic (exact) mass is 362 g/mol. The lowest BCUT2D eigenvalue weighted by Gasteiger charge is -2.38. The highest BCUT2D eigenvalue weighted by molar-refractivity contribution is 5.87. The summed E-state index contributed by atoms with van der Waals surface area (Å²) in [5, 5.41) is 9.74. The summed E-state index contributed by atoms with van der Waals surface area (Å²) < 4.78 is 0. The van der Waals surface area contributed by atoms with E-state index < -0.39 is 0 Å². The minimum absolute atomic E-state index is 0.284. The topological polar surface area (TPSA) is 37.3 Å². The Hall–Kier alpha value is -0.890. The van der Waals surface area contributed by atoms with Crippen LogP contribution in [-0.4, -0.2) is 17.0 Å². The fourth-order valence-corrected chi connectivity index (χ4v) is 4.30. The summed E-state index contributed by atoms with van der Waals surface area (Å²) in [6.45, 7) is 6.30. The second-order valence-electron chi connectivity index (χ2n) is 8.24. The lowest BCUT2D eigenvalue weighted by molar-refractivity contribution is -0.129. The van der Waals surface area contributed by atoms with Crippen molar-refractivity contribution in [2.45, 2.75) is 110 Å². The third kappa shape index (κ3) is 7.78. The van der Waals surface area contributed by atoms with Crippen molar-refractivity contribution in [2.24, 2.45) is 11.3 Å². The first-order chi connectivity index (χ1) is 12.6. The van der Waals surface area contributed by atoms with Crippen LogP contribution in [0.2, 0.25) is 0 Å². The number of unbranched alkanes of at least 4 members (excludes halogenated alkanes) is 6. The zero-order chi connectivity index (χ0) is 19.3. The highest BCUT2D eigenvalue weighted by atomic mass is 16.3. The molecule has 1 N–H and O–H groups in total. The molecule has 0 heterocycles. The van der Waals surface area contributed by atoms with E-state index in [9.17, 15) is 9.90 Å². The average molecular weight is 363 g/mol. The molecule has 0 amide bonds. The molecule has 0 bridgehead atoms. The van der Waals surface area contributed by atoms with Gasteiger partial charge in [0.2, 0.25) is 0 Å². The Labute approximate surface area is 162 Å². The van der Waals surface area contributed by atoms with Gasteiger partial charge in [0.15, 0.2) is 0 Å². The van der Waals surface area contributed by atoms with Gasteiger partial charge < -0.3 is 5.11 Å². The number of ketones is 1. The molecule has 0 saturated carbocycles. The molecule has 0 saturated heterocycles. The van der Waals surface area contributed by atoms with Crippen LogP contribution in [0.1, 0.15) is 104 Å². The summed E-state index contributed by atoms with van der Waals surface area (Å²) in [6.07, 6.45) is 22.3. The van der Waals surface area contributed by atoms with Gasteiger partial charge in [-0.3, -0.25) is 4.79 Å². The Morgan fingerprint density at radius 1 is 0.962 bits per heavy atom. The van der Waals surface area contributed by atoms with Crippen LogP contribution >= 0.6 is 0 Å². The molecular formula is C24H42O2. The molecule has 0 spiro atoms. The average Bonchev–Trinajstić information content (AvgIpc) is 2.64. The third-order valence-corrected chi connectivity index (χ3v) is 5.92. The molecule has 0 fully saturated rings. The maximum absolute atomic E-state index is 13.3. The summed E-state index contributed by atoms with van der Waals surface area (Å²) in [4.78, 5) is 13.3. The molecule has 3 unspecified atom stereocenters. The Morgan fingerprint density at radius 2 is 1.65 bits per heavy atom. The maximum atomic E-state index is 13.3. The van der Waals surface area contributed by atoms with Gasteiger partial charge >= 0.3 is 0 Å². The molecule has 3 atom stereocenters. The zero-order valence-electron chi connectivity index (χ0n) is 17.5. The molecule has 150 valence electrons. The van der Waals surface area contributed by atoms with Crippen LogP contribution < -0.4 is 0 Å². The number of carbonyl (C=O) groups excluding carboxylic acids is 1. The fraction of sp³-hybridized carbons (Fsp3) is 0.792. The van der Waals surface area contributed by atoms with Crippen molar-refractivity contribution in [3.8, 4) is 0 Å². The zero-order valence-corrected chi connectivity index (χ0v) is 17.5. The van der Waals surface area contributed by atoms with E-state index in [1.165, 1.54) is 38.5 Å². The molecule has 1 aliphatic carbocycles. The molecule has 1 aliphatic rings. The van der Waals surface area contributed by atoms with E-state index in [4.69, 9.17) is 0 Å². The van der Waals surface area contributed by atoms with Gasteiger partial charge in [0, 0.05) is 6.42 Å². The number of aliphatic hydroxyl groups is 1. The van der Waals surface area contributed by atoms with Crippen molar-refractivity contribution in [3.05, 3.63) is 24.3 Å². The number of carbonyl (C=O) groups is 1. The van der Waals surface area contributed by atoms with Crippen molar-refractivity contribution in [2.75, 3.05) is 0 Å². The van der Waals surface area contributed by atoms with E-state index in [0.717, 1.165) is 38.5 Å². The molecule has 0 aromatic rings. The van der Waals surface area contributed by atoms with Gasteiger partial charge in [0.25, 0.3) is 0 Å². The summed E-state index contributed by atoms with van der Waals surface area (Å²) in [5.74, 6) is 0.774. The van der Waals surface area contributed by atoms with E-state index in [1.54, 1.807) is 0 Å². The van der Waals surface area contributed by atoms with Gasteiger partial charge in [-0.05, 0) is 44.9 Å². The minimum atomic E-state index is -0.331. The quantitative estimate of drug-likeness (QED) is 0.326. The van der Waals surface area contributed by atoms with Crippen LogP contribution in [0.4, 0.5) is 0 Å². The molecule has 1 rings (SSSR count). The lowest BCUT2D eigenvalue weighted by atomic mass is 9.64. The predicted molar refractivity (Wildman–Crippen MR) is 112 cm³/mol. The number of allylic oxidation sites excluding steroid dienone is 4. The fourth-order valence-electron chi connectivity index (χ4n) is 4.30. The summed E-state index contributed by atoms with van der Waals surface area (Å²) in [5.41, 5.74) is -0.331.